The van der Waals surface area contributed by atoms with Crippen molar-refractivity contribution in [1.29, 1.82) is 0 Å². The maximum atomic E-state index is 11.0. The summed E-state index contributed by atoms with van der Waals surface area (Å²) in [6.07, 6.45) is 3.46. The summed E-state index contributed by atoms with van der Waals surface area (Å²) in [7, 11) is 0. The molecule has 29 heavy (non-hydrogen) atoms. The molecule has 1 atom stereocenters. The number of benzene rings is 2. The van der Waals surface area contributed by atoms with Gasteiger partial charge in [-0.2, -0.15) is 0 Å². The highest BCUT2D eigenvalue weighted by atomic mass is 16.6. The summed E-state index contributed by atoms with van der Waals surface area (Å²) < 4.78 is 0. The van der Waals surface area contributed by atoms with E-state index in [0.29, 0.717) is 11.1 Å². The van der Waals surface area contributed by atoms with Crippen molar-refractivity contribution in [3.63, 3.8) is 0 Å². The second kappa shape index (κ2) is 7.55. The van der Waals surface area contributed by atoms with Crippen LogP contribution >= 0.6 is 0 Å². The number of rotatable bonds is 5. The molecular weight excluding hydrogens is 368 g/mol. The summed E-state index contributed by atoms with van der Waals surface area (Å²) in [4.78, 5) is 18.0. The fraction of sp³-hybridized carbons (Fsp3) is 0.0909. The van der Waals surface area contributed by atoms with E-state index in [-0.39, 0.29) is 11.4 Å². The van der Waals surface area contributed by atoms with Gasteiger partial charge in [-0.05, 0) is 42.8 Å². The minimum atomic E-state index is -0.444. The van der Waals surface area contributed by atoms with Crippen molar-refractivity contribution in [2.45, 2.75) is 13.0 Å². The zero-order chi connectivity index (χ0) is 20.4. The minimum absolute atomic E-state index is 0.0130. The lowest BCUT2D eigenvalue weighted by molar-refractivity contribution is -0.384. The van der Waals surface area contributed by atoms with Gasteiger partial charge in [-0.3, -0.25) is 20.4 Å². The molecular formula is C22H19N4O3+. The molecule has 0 fully saturated rings. The number of nitro groups is 1. The van der Waals surface area contributed by atoms with Crippen molar-refractivity contribution in [2.24, 2.45) is 0 Å². The summed E-state index contributed by atoms with van der Waals surface area (Å²) >= 11 is 0. The van der Waals surface area contributed by atoms with Crippen LogP contribution in [0.2, 0.25) is 0 Å². The molecule has 0 saturated heterocycles. The van der Waals surface area contributed by atoms with Crippen LogP contribution in [-0.2, 0) is 0 Å². The van der Waals surface area contributed by atoms with E-state index in [1.165, 1.54) is 12.1 Å². The third-order valence-electron chi connectivity index (χ3n) is 4.78. The van der Waals surface area contributed by atoms with E-state index in [1.807, 2.05) is 49.5 Å². The Balaban J connectivity index is 1.83. The smallest absolute Gasteiger partial charge is 0.273 e. The largest absolute Gasteiger partial charge is 0.505 e. The van der Waals surface area contributed by atoms with E-state index in [2.05, 4.69) is 15.3 Å². The number of phenols is 1. The van der Waals surface area contributed by atoms with Crippen LogP contribution in [0.15, 0.2) is 73.1 Å². The maximum absolute atomic E-state index is 11.0. The quantitative estimate of drug-likeness (QED) is 0.395. The van der Waals surface area contributed by atoms with Gasteiger partial charge in [0.2, 0.25) is 0 Å². The first kappa shape index (κ1) is 18.4. The molecule has 2 aromatic carbocycles. The average Bonchev–Trinajstić information content (AvgIpc) is 2.73. The molecule has 4 aromatic rings. The van der Waals surface area contributed by atoms with Gasteiger partial charge in [0.15, 0.2) is 0 Å². The Hall–Kier alpha value is -4.00. The normalized spacial score (nSPS) is 11.9. The van der Waals surface area contributed by atoms with Crippen LogP contribution in [0.25, 0.3) is 10.9 Å². The zero-order valence-electron chi connectivity index (χ0n) is 15.7. The summed E-state index contributed by atoms with van der Waals surface area (Å²) in [6.45, 7) is 1.98. The second-order valence-electron chi connectivity index (χ2n) is 6.78. The monoisotopic (exact) mass is 387 g/mol. The van der Waals surface area contributed by atoms with Crippen LogP contribution in [0.5, 0.6) is 5.75 Å². The number of anilines is 1. The first-order valence-corrected chi connectivity index (χ1v) is 9.09. The molecule has 0 radical (unpaired) electrons. The van der Waals surface area contributed by atoms with Gasteiger partial charge in [0.25, 0.3) is 11.5 Å². The molecule has 0 bridgehead atoms. The number of aryl methyl sites for hydroxylation is 1. The number of aromatic hydroxyl groups is 1. The van der Waals surface area contributed by atoms with Gasteiger partial charge < -0.3 is 5.11 Å². The number of aromatic nitrogens is 2. The lowest BCUT2D eigenvalue weighted by atomic mass is 9.96. The molecule has 0 aliphatic rings. The Morgan fingerprint density at radius 2 is 1.93 bits per heavy atom. The van der Waals surface area contributed by atoms with Gasteiger partial charge in [0.05, 0.1) is 11.1 Å². The van der Waals surface area contributed by atoms with Crippen molar-refractivity contribution < 1.29 is 15.0 Å². The number of H-pyrrole nitrogens is 1. The van der Waals surface area contributed by atoms with Crippen molar-refractivity contribution in [3.8, 4) is 5.75 Å². The first-order valence-electron chi connectivity index (χ1n) is 9.09. The Bertz CT molecular complexity index is 1190. The molecule has 4 rings (SSSR count). The molecule has 0 spiro atoms. The van der Waals surface area contributed by atoms with Crippen LogP contribution in [0.1, 0.15) is 22.7 Å². The van der Waals surface area contributed by atoms with Gasteiger partial charge in [-0.15, -0.1) is 0 Å². The SMILES string of the molecule is Cc1cc[nH+]c(N[C@@H](c2ccc([N+](=O)[O-])cc2)c2ccc3cccnc3c2O)c1. The molecule has 3 N–H and O–H groups in total. The van der Waals surface area contributed by atoms with Crippen LogP contribution in [0, 0.1) is 17.0 Å². The Morgan fingerprint density at radius 3 is 2.66 bits per heavy atom. The highest BCUT2D eigenvalue weighted by Gasteiger charge is 2.25. The highest BCUT2D eigenvalue weighted by Crippen LogP contribution is 2.36. The van der Waals surface area contributed by atoms with Gasteiger partial charge in [-0.25, -0.2) is 4.98 Å². The predicted octanol–water partition coefficient (Wildman–Crippen LogP) is 4.17. The number of nitro benzene ring substituents is 1. The third-order valence-corrected chi connectivity index (χ3v) is 4.78. The predicted molar refractivity (Wildman–Crippen MR) is 110 cm³/mol. The number of aromatic amines is 1. The maximum Gasteiger partial charge on any atom is 0.273 e. The Labute approximate surface area is 166 Å². The number of nitrogens with zero attached hydrogens (tertiary/aromatic N) is 2. The molecule has 0 amide bonds. The summed E-state index contributed by atoms with van der Waals surface area (Å²) in [5, 5.41) is 26.2. The number of pyridine rings is 2. The van der Waals surface area contributed by atoms with E-state index >= 15 is 0 Å². The van der Waals surface area contributed by atoms with Crippen LogP contribution in [0.4, 0.5) is 11.5 Å². The lowest BCUT2D eigenvalue weighted by Gasteiger charge is -2.17. The van der Waals surface area contributed by atoms with Gasteiger partial charge >= 0.3 is 0 Å². The second-order valence-corrected chi connectivity index (χ2v) is 6.78. The molecule has 0 aliphatic heterocycles. The molecule has 7 heteroatoms. The number of phenolic OH excluding ortho intramolecular Hbond substituents is 1. The van der Waals surface area contributed by atoms with Crippen molar-refractivity contribution in [2.75, 3.05) is 5.32 Å². The molecule has 2 aromatic heterocycles. The molecule has 7 nitrogen and oxygen atoms in total. The fourth-order valence-electron chi connectivity index (χ4n) is 3.33. The molecule has 0 saturated carbocycles. The van der Waals surface area contributed by atoms with Crippen LogP contribution in [0.3, 0.4) is 0 Å². The summed E-state index contributed by atoms with van der Waals surface area (Å²) in [5.74, 6) is 0.834. The summed E-state index contributed by atoms with van der Waals surface area (Å²) in [6, 6.07) is 17.2. The average molecular weight is 387 g/mol. The van der Waals surface area contributed by atoms with E-state index in [1.54, 1.807) is 18.3 Å². The van der Waals surface area contributed by atoms with E-state index in [9.17, 15) is 15.2 Å². The Kier molecular flexibility index (Phi) is 4.78. The number of hydrogen-bond acceptors (Lipinski definition) is 5. The number of fused-ring (bicyclic) bond motifs is 1. The number of non-ortho nitro benzene ring substituents is 1. The van der Waals surface area contributed by atoms with Gasteiger partial charge in [0.1, 0.15) is 17.3 Å². The van der Waals surface area contributed by atoms with E-state index in [0.717, 1.165) is 22.3 Å². The lowest BCUT2D eigenvalue weighted by Crippen LogP contribution is -2.19. The number of nitrogens with one attached hydrogen (secondary N) is 2. The van der Waals surface area contributed by atoms with E-state index < -0.39 is 11.0 Å². The minimum Gasteiger partial charge on any atom is -0.505 e. The molecule has 2 heterocycles. The fourth-order valence-corrected chi connectivity index (χ4v) is 3.33. The highest BCUT2D eigenvalue weighted by molar-refractivity contribution is 5.86. The van der Waals surface area contributed by atoms with Crippen molar-refractivity contribution in [3.05, 3.63) is 99.9 Å². The Morgan fingerprint density at radius 1 is 1.14 bits per heavy atom. The summed E-state index contributed by atoms with van der Waals surface area (Å²) in [5.41, 5.74) is 2.99. The molecule has 0 unspecified atom stereocenters. The van der Waals surface area contributed by atoms with Crippen molar-refractivity contribution in [1.82, 2.24) is 4.98 Å². The topological polar surface area (TPSA) is 102 Å². The third kappa shape index (κ3) is 3.70. The van der Waals surface area contributed by atoms with Crippen LogP contribution in [-0.4, -0.2) is 15.0 Å². The standard InChI is InChI=1S/C22H18N4O3/c1-14-10-12-23-19(13-14)25-20(16-4-7-17(8-5-16)26(28)29)18-9-6-15-3-2-11-24-21(15)22(18)27/h2-13,20,27H,1H3,(H,23,25)/p+1/t20-/m0/s1. The first-order chi connectivity index (χ1) is 14.0. The molecule has 0 aliphatic carbocycles. The van der Waals surface area contributed by atoms with Gasteiger partial charge in [0, 0.05) is 40.9 Å². The van der Waals surface area contributed by atoms with Gasteiger partial charge in [-0.1, -0.05) is 12.1 Å². The number of hydrogen-bond donors (Lipinski definition) is 2. The van der Waals surface area contributed by atoms with E-state index in [4.69, 9.17) is 0 Å². The zero-order valence-corrected chi connectivity index (χ0v) is 15.7. The van der Waals surface area contributed by atoms with Crippen molar-refractivity contribution >= 4 is 22.4 Å². The molecule has 144 valence electrons. The van der Waals surface area contributed by atoms with Crippen LogP contribution < -0.4 is 10.3 Å².